The molecule has 1 rings (SSSR count). The van der Waals surface area contributed by atoms with E-state index in [1.807, 2.05) is 32.8 Å². The van der Waals surface area contributed by atoms with Crippen LogP contribution in [0.1, 0.15) is 20.3 Å². The summed E-state index contributed by atoms with van der Waals surface area (Å²) < 4.78 is 5.55. The number of hydrogen-bond donors (Lipinski definition) is 2. The topological polar surface area (TPSA) is 76.3 Å². The maximum Gasteiger partial charge on any atom is 0.242 e. The fourth-order valence-corrected chi connectivity index (χ4v) is 1.59. The van der Waals surface area contributed by atoms with Gasteiger partial charge in [0.1, 0.15) is 12.0 Å². The van der Waals surface area contributed by atoms with Gasteiger partial charge in [0.05, 0.1) is 6.10 Å². The van der Waals surface area contributed by atoms with E-state index in [2.05, 4.69) is 15.3 Å². The summed E-state index contributed by atoms with van der Waals surface area (Å²) in [6.07, 6.45) is 2.55. The number of nitrogens with zero attached hydrogens (tertiary/aromatic N) is 3. The zero-order valence-electron chi connectivity index (χ0n) is 11.6. The van der Waals surface area contributed by atoms with Gasteiger partial charge in [0.2, 0.25) is 5.88 Å². The molecular formula is C12H23N5O. The molecule has 102 valence electrons. The number of aromatic nitrogens is 2. The van der Waals surface area contributed by atoms with Crippen LogP contribution in [0.25, 0.3) is 0 Å². The molecule has 0 aliphatic heterocycles. The van der Waals surface area contributed by atoms with E-state index in [1.165, 1.54) is 6.33 Å². The highest BCUT2D eigenvalue weighted by atomic mass is 16.5. The Labute approximate surface area is 109 Å². The Hall–Kier alpha value is -1.56. The largest absolute Gasteiger partial charge is 0.473 e. The predicted octanol–water partition coefficient (Wildman–Crippen LogP) is 0.892. The molecule has 1 heterocycles. The average molecular weight is 253 g/mol. The minimum atomic E-state index is 0.0460. The molecule has 18 heavy (non-hydrogen) atoms. The third-order valence-corrected chi connectivity index (χ3v) is 2.46. The predicted molar refractivity (Wildman–Crippen MR) is 74.0 cm³/mol. The maximum atomic E-state index is 6.03. The molecule has 0 fully saturated rings. The lowest BCUT2D eigenvalue weighted by atomic mass is 10.3. The molecule has 0 saturated carbocycles. The molecule has 0 aromatic carbocycles. The first kappa shape index (κ1) is 14.5. The Balaban J connectivity index is 2.75. The standard InChI is InChI=1S/C12H23N5O/c1-9(2)18-12-10(13)11(15-8-16-12)17(4)7-5-6-14-3/h8-9,14H,5-7,13H2,1-4H3. The Kier molecular flexibility index (Phi) is 5.64. The van der Waals surface area contributed by atoms with Crippen LogP contribution in [-0.4, -0.2) is 43.3 Å². The number of nitrogens with two attached hydrogens (primary N) is 1. The van der Waals surface area contributed by atoms with Crippen molar-refractivity contribution in [1.82, 2.24) is 15.3 Å². The molecule has 0 spiro atoms. The van der Waals surface area contributed by atoms with E-state index in [1.54, 1.807) is 0 Å². The lowest BCUT2D eigenvalue weighted by Gasteiger charge is -2.21. The summed E-state index contributed by atoms with van der Waals surface area (Å²) in [6, 6.07) is 0. The number of hydrogen-bond acceptors (Lipinski definition) is 6. The maximum absolute atomic E-state index is 6.03. The molecule has 6 heteroatoms. The van der Waals surface area contributed by atoms with Gasteiger partial charge in [0, 0.05) is 13.6 Å². The van der Waals surface area contributed by atoms with Crippen molar-refractivity contribution in [1.29, 1.82) is 0 Å². The van der Waals surface area contributed by atoms with Crippen molar-refractivity contribution < 1.29 is 4.74 Å². The zero-order chi connectivity index (χ0) is 13.5. The van der Waals surface area contributed by atoms with Crippen molar-refractivity contribution in [2.45, 2.75) is 26.4 Å². The Bertz CT molecular complexity index is 369. The lowest BCUT2D eigenvalue weighted by molar-refractivity contribution is 0.234. The number of rotatable bonds is 7. The van der Waals surface area contributed by atoms with Gasteiger partial charge in [-0.05, 0) is 33.9 Å². The van der Waals surface area contributed by atoms with Gasteiger partial charge >= 0.3 is 0 Å². The van der Waals surface area contributed by atoms with Gasteiger partial charge in [-0.3, -0.25) is 0 Å². The molecule has 3 N–H and O–H groups in total. The second-order valence-corrected chi connectivity index (χ2v) is 4.46. The van der Waals surface area contributed by atoms with Crippen LogP contribution in [0.2, 0.25) is 0 Å². The summed E-state index contributed by atoms with van der Waals surface area (Å²) in [6.45, 7) is 5.73. The van der Waals surface area contributed by atoms with E-state index < -0.39 is 0 Å². The van der Waals surface area contributed by atoms with Crippen molar-refractivity contribution in [3.63, 3.8) is 0 Å². The summed E-state index contributed by atoms with van der Waals surface area (Å²) in [5.41, 5.74) is 6.53. The van der Waals surface area contributed by atoms with E-state index in [-0.39, 0.29) is 6.10 Å². The monoisotopic (exact) mass is 253 g/mol. The van der Waals surface area contributed by atoms with Crippen LogP contribution in [0.4, 0.5) is 11.5 Å². The van der Waals surface area contributed by atoms with Crippen LogP contribution in [0.5, 0.6) is 5.88 Å². The quantitative estimate of drug-likeness (QED) is 0.703. The second kappa shape index (κ2) is 7.00. The number of anilines is 2. The summed E-state index contributed by atoms with van der Waals surface area (Å²) in [4.78, 5) is 10.3. The van der Waals surface area contributed by atoms with Crippen LogP contribution in [0.15, 0.2) is 6.33 Å². The van der Waals surface area contributed by atoms with Crippen molar-refractivity contribution in [3.8, 4) is 5.88 Å². The minimum Gasteiger partial charge on any atom is -0.473 e. The van der Waals surface area contributed by atoms with Gasteiger partial charge in [-0.1, -0.05) is 0 Å². The SMILES string of the molecule is CNCCCN(C)c1ncnc(OC(C)C)c1N. The lowest BCUT2D eigenvalue weighted by Crippen LogP contribution is -2.24. The second-order valence-electron chi connectivity index (χ2n) is 4.46. The van der Waals surface area contributed by atoms with E-state index in [0.717, 1.165) is 25.3 Å². The van der Waals surface area contributed by atoms with Crippen molar-refractivity contribution in [3.05, 3.63) is 6.33 Å². The van der Waals surface area contributed by atoms with E-state index in [0.29, 0.717) is 11.6 Å². The Morgan fingerprint density at radius 2 is 2.17 bits per heavy atom. The van der Waals surface area contributed by atoms with Gasteiger partial charge < -0.3 is 20.7 Å². The highest BCUT2D eigenvalue weighted by Crippen LogP contribution is 2.27. The van der Waals surface area contributed by atoms with Gasteiger partial charge in [-0.25, -0.2) is 4.98 Å². The zero-order valence-corrected chi connectivity index (χ0v) is 11.6. The first-order valence-corrected chi connectivity index (χ1v) is 6.19. The molecule has 0 unspecified atom stereocenters. The van der Waals surface area contributed by atoms with Crippen molar-refractivity contribution in [2.24, 2.45) is 0 Å². The van der Waals surface area contributed by atoms with Crippen LogP contribution in [-0.2, 0) is 0 Å². The molecule has 0 bridgehead atoms. The minimum absolute atomic E-state index is 0.0460. The van der Waals surface area contributed by atoms with Crippen molar-refractivity contribution in [2.75, 3.05) is 37.8 Å². The van der Waals surface area contributed by atoms with Crippen molar-refractivity contribution >= 4 is 11.5 Å². The highest BCUT2D eigenvalue weighted by molar-refractivity contribution is 5.67. The van der Waals surface area contributed by atoms with Gasteiger partial charge in [-0.15, -0.1) is 0 Å². The number of nitrogen functional groups attached to an aromatic ring is 1. The van der Waals surface area contributed by atoms with Crippen LogP contribution in [0.3, 0.4) is 0 Å². The molecule has 6 nitrogen and oxygen atoms in total. The Morgan fingerprint density at radius 3 is 2.78 bits per heavy atom. The molecule has 0 radical (unpaired) electrons. The van der Waals surface area contributed by atoms with E-state index in [4.69, 9.17) is 10.5 Å². The molecule has 1 aromatic rings. The fourth-order valence-electron chi connectivity index (χ4n) is 1.59. The molecule has 0 atom stereocenters. The third kappa shape index (κ3) is 4.03. The molecule has 1 aromatic heterocycles. The number of ether oxygens (including phenoxy) is 1. The van der Waals surface area contributed by atoms with Gasteiger partial charge in [0.15, 0.2) is 5.82 Å². The highest BCUT2D eigenvalue weighted by Gasteiger charge is 2.13. The Morgan fingerprint density at radius 1 is 1.44 bits per heavy atom. The van der Waals surface area contributed by atoms with Crippen LogP contribution in [0, 0.1) is 0 Å². The van der Waals surface area contributed by atoms with E-state index in [9.17, 15) is 0 Å². The smallest absolute Gasteiger partial charge is 0.242 e. The van der Waals surface area contributed by atoms with Gasteiger partial charge in [0.25, 0.3) is 0 Å². The normalized spacial score (nSPS) is 10.7. The van der Waals surface area contributed by atoms with E-state index >= 15 is 0 Å². The molecule has 0 aliphatic carbocycles. The average Bonchev–Trinajstić information content (AvgIpc) is 2.31. The number of nitrogens with one attached hydrogen (secondary N) is 1. The van der Waals surface area contributed by atoms with Gasteiger partial charge in [-0.2, -0.15) is 4.98 Å². The first-order valence-electron chi connectivity index (χ1n) is 6.19. The fraction of sp³-hybridized carbons (Fsp3) is 0.667. The third-order valence-electron chi connectivity index (χ3n) is 2.46. The summed E-state index contributed by atoms with van der Waals surface area (Å²) >= 11 is 0. The van der Waals surface area contributed by atoms with Crippen LogP contribution < -0.4 is 20.7 Å². The first-order chi connectivity index (χ1) is 8.56. The molecular weight excluding hydrogens is 230 g/mol. The molecule has 0 amide bonds. The summed E-state index contributed by atoms with van der Waals surface area (Å²) in [5.74, 6) is 1.17. The molecule has 0 saturated heterocycles. The molecule has 0 aliphatic rings. The summed E-state index contributed by atoms with van der Waals surface area (Å²) in [7, 11) is 3.90. The van der Waals surface area contributed by atoms with Crippen LogP contribution >= 0.6 is 0 Å². The summed E-state index contributed by atoms with van der Waals surface area (Å²) in [5, 5.41) is 3.11.